The number of carbonyl (C=O) groups is 1. The normalized spacial score (nSPS) is 11.9. The lowest BCUT2D eigenvalue weighted by Gasteiger charge is -2.13. The van der Waals surface area contributed by atoms with Gasteiger partial charge in [0.25, 0.3) is 5.91 Å². The van der Waals surface area contributed by atoms with Crippen LogP contribution in [0.5, 0.6) is 5.75 Å². The predicted molar refractivity (Wildman–Crippen MR) is 85.5 cm³/mol. The number of amides is 1. The van der Waals surface area contributed by atoms with Gasteiger partial charge >= 0.3 is 0 Å². The van der Waals surface area contributed by atoms with Gasteiger partial charge in [0.15, 0.2) is 6.61 Å². The van der Waals surface area contributed by atoms with E-state index in [9.17, 15) is 4.79 Å². The van der Waals surface area contributed by atoms with Gasteiger partial charge in [-0.15, -0.1) is 11.3 Å². The maximum Gasteiger partial charge on any atom is 0.258 e. The first kappa shape index (κ1) is 15.4. The van der Waals surface area contributed by atoms with Crippen LogP contribution in [0.3, 0.4) is 0 Å². The van der Waals surface area contributed by atoms with Crippen molar-refractivity contribution in [1.82, 2.24) is 5.32 Å². The molecule has 20 heavy (non-hydrogen) atoms. The molecule has 0 radical (unpaired) electrons. The fourth-order valence-electron chi connectivity index (χ4n) is 1.63. The van der Waals surface area contributed by atoms with Crippen molar-refractivity contribution in [3.8, 4) is 5.75 Å². The number of hydrogen-bond acceptors (Lipinski definition) is 3. The molecule has 1 aromatic heterocycles. The highest BCUT2D eigenvalue weighted by Crippen LogP contribution is 2.27. The topological polar surface area (TPSA) is 38.3 Å². The van der Waals surface area contributed by atoms with Crippen LogP contribution in [0.2, 0.25) is 5.02 Å². The van der Waals surface area contributed by atoms with Crippen LogP contribution in [0.4, 0.5) is 0 Å². The van der Waals surface area contributed by atoms with Crippen molar-refractivity contribution in [2.45, 2.75) is 13.0 Å². The van der Waals surface area contributed by atoms with Crippen molar-refractivity contribution in [2.24, 2.45) is 0 Å². The largest absolute Gasteiger partial charge is 0.482 e. The minimum absolute atomic E-state index is 0.0218. The number of halogens is 2. The van der Waals surface area contributed by atoms with Crippen molar-refractivity contribution in [3.63, 3.8) is 0 Å². The SMILES string of the molecule is CC(NC(=O)COc1ccc(Br)cc1Cl)c1cccs1. The van der Waals surface area contributed by atoms with Crippen molar-refractivity contribution in [3.05, 3.63) is 50.1 Å². The molecule has 0 saturated heterocycles. The van der Waals surface area contributed by atoms with E-state index in [1.165, 1.54) is 0 Å². The molecule has 1 atom stereocenters. The Morgan fingerprint density at radius 3 is 2.95 bits per heavy atom. The minimum atomic E-state index is -0.176. The Kier molecular flexibility index (Phi) is 5.46. The van der Waals surface area contributed by atoms with E-state index in [1.54, 1.807) is 23.5 Å². The number of ether oxygens (including phenoxy) is 1. The smallest absolute Gasteiger partial charge is 0.258 e. The summed E-state index contributed by atoms with van der Waals surface area (Å²) in [5.41, 5.74) is 0. The van der Waals surface area contributed by atoms with Gasteiger partial charge in [-0.05, 0) is 36.6 Å². The molecule has 0 aliphatic carbocycles. The molecule has 2 rings (SSSR count). The van der Waals surface area contributed by atoms with Gasteiger partial charge in [-0.1, -0.05) is 33.6 Å². The summed E-state index contributed by atoms with van der Waals surface area (Å²) in [5.74, 6) is 0.318. The van der Waals surface area contributed by atoms with Crippen LogP contribution in [0.1, 0.15) is 17.8 Å². The summed E-state index contributed by atoms with van der Waals surface area (Å²) >= 11 is 10.9. The van der Waals surface area contributed by atoms with Crippen molar-refractivity contribution >= 4 is 44.8 Å². The minimum Gasteiger partial charge on any atom is -0.482 e. The highest BCUT2D eigenvalue weighted by atomic mass is 79.9. The first-order chi connectivity index (χ1) is 9.56. The van der Waals surface area contributed by atoms with Crippen LogP contribution in [0, 0.1) is 0 Å². The number of nitrogens with one attached hydrogen (secondary N) is 1. The lowest BCUT2D eigenvalue weighted by atomic mass is 10.3. The molecular weight excluding hydrogens is 362 g/mol. The molecule has 1 unspecified atom stereocenters. The van der Waals surface area contributed by atoms with Crippen LogP contribution in [-0.4, -0.2) is 12.5 Å². The second-order valence-corrected chi connectivity index (χ2v) is 6.47. The summed E-state index contributed by atoms with van der Waals surface area (Å²) in [5, 5.41) is 5.33. The molecular formula is C14H13BrClNO2S. The zero-order chi connectivity index (χ0) is 14.5. The maximum absolute atomic E-state index is 11.8. The summed E-state index contributed by atoms with van der Waals surface area (Å²) in [6, 6.07) is 9.19. The Morgan fingerprint density at radius 1 is 1.50 bits per heavy atom. The Morgan fingerprint density at radius 2 is 2.30 bits per heavy atom. The lowest BCUT2D eigenvalue weighted by molar-refractivity contribution is -0.123. The van der Waals surface area contributed by atoms with Gasteiger partial charge in [-0.3, -0.25) is 4.79 Å². The molecule has 2 aromatic rings. The van der Waals surface area contributed by atoms with E-state index in [1.807, 2.05) is 30.5 Å². The standard InChI is InChI=1S/C14H13BrClNO2S/c1-9(13-3-2-6-20-13)17-14(18)8-19-12-5-4-10(15)7-11(12)16/h2-7,9H,8H2,1H3,(H,17,18). The maximum atomic E-state index is 11.8. The molecule has 3 nitrogen and oxygen atoms in total. The number of carbonyl (C=O) groups excluding carboxylic acids is 1. The van der Waals surface area contributed by atoms with Crippen molar-refractivity contribution < 1.29 is 9.53 Å². The Balaban J connectivity index is 1.86. The van der Waals surface area contributed by atoms with Crippen LogP contribution < -0.4 is 10.1 Å². The third kappa shape index (κ3) is 4.23. The fraction of sp³-hybridized carbons (Fsp3) is 0.214. The molecule has 1 N–H and O–H groups in total. The molecule has 1 aromatic carbocycles. The Hall–Kier alpha value is -1.04. The molecule has 6 heteroatoms. The quantitative estimate of drug-likeness (QED) is 0.841. The summed E-state index contributed by atoms with van der Waals surface area (Å²) < 4.78 is 6.28. The van der Waals surface area contributed by atoms with Crippen LogP contribution >= 0.6 is 38.9 Å². The third-order valence-electron chi connectivity index (χ3n) is 2.60. The number of benzene rings is 1. The lowest BCUT2D eigenvalue weighted by Crippen LogP contribution is -2.30. The monoisotopic (exact) mass is 373 g/mol. The predicted octanol–water partition coefficient (Wildman–Crippen LogP) is 4.42. The number of hydrogen-bond donors (Lipinski definition) is 1. The molecule has 0 saturated carbocycles. The van der Waals surface area contributed by atoms with E-state index < -0.39 is 0 Å². The average molecular weight is 375 g/mol. The summed E-state index contributed by atoms with van der Waals surface area (Å²) in [6.07, 6.45) is 0. The van der Waals surface area contributed by atoms with E-state index in [4.69, 9.17) is 16.3 Å². The first-order valence-electron chi connectivity index (χ1n) is 5.97. The molecule has 0 fully saturated rings. The van der Waals surface area contributed by atoms with E-state index in [-0.39, 0.29) is 18.6 Å². The molecule has 1 heterocycles. The Bertz CT molecular complexity index is 589. The van der Waals surface area contributed by atoms with Gasteiger partial charge in [-0.2, -0.15) is 0 Å². The molecule has 0 bridgehead atoms. The Labute approximate surface area is 135 Å². The van der Waals surface area contributed by atoms with E-state index >= 15 is 0 Å². The van der Waals surface area contributed by atoms with Gasteiger partial charge in [0, 0.05) is 9.35 Å². The average Bonchev–Trinajstić information content (AvgIpc) is 2.91. The summed E-state index contributed by atoms with van der Waals surface area (Å²) in [7, 11) is 0. The van der Waals surface area contributed by atoms with E-state index in [0.717, 1.165) is 9.35 Å². The van der Waals surface area contributed by atoms with Crippen LogP contribution in [-0.2, 0) is 4.79 Å². The molecule has 0 spiro atoms. The summed E-state index contributed by atoms with van der Waals surface area (Å²) in [6.45, 7) is 1.88. The number of rotatable bonds is 5. The third-order valence-corrected chi connectivity index (χ3v) is 4.44. The van der Waals surface area contributed by atoms with E-state index in [2.05, 4.69) is 21.2 Å². The number of thiophene rings is 1. The second kappa shape index (κ2) is 7.11. The van der Waals surface area contributed by atoms with Crippen molar-refractivity contribution in [2.75, 3.05) is 6.61 Å². The highest BCUT2D eigenvalue weighted by Gasteiger charge is 2.11. The molecule has 0 aliphatic heterocycles. The first-order valence-corrected chi connectivity index (χ1v) is 8.02. The van der Waals surface area contributed by atoms with Crippen LogP contribution in [0.15, 0.2) is 40.2 Å². The molecule has 0 aliphatic rings. The molecule has 1 amide bonds. The second-order valence-electron chi connectivity index (χ2n) is 4.17. The van der Waals surface area contributed by atoms with Gasteiger partial charge < -0.3 is 10.1 Å². The van der Waals surface area contributed by atoms with Crippen molar-refractivity contribution in [1.29, 1.82) is 0 Å². The molecule has 106 valence electrons. The van der Waals surface area contributed by atoms with Crippen LogP contribution in [0.25, 0.3) is 0 Å². The fourth-order valence-corrected chi connectivity index (χ4v) is 3.09. The van der Waals surface area contributed by atoms with Gasteiger partial charge in [0.1, 0.15) is 5.75 Å². The highest BCUT2D eigenvalue weighted by molar-refractivity contribution is 9.10. The summed E-state index contributed by atoms with van der Waals surface area (Å²) in [4.78, 5) is 12.9. The van der Waals surface area contributed by atoms with Gasteiger partial charge in [-0.25, -0.2) is 0 Å². The van der Waals surface area contributed by atoms with E-state index in [0.29, 0.717) is 10.8 Å². The zero-order valence-corrected chi connectivity index (χ0v) is 13.9. The van der Waals surface area contributed by atoms with Gasteiger partial charge in [0.05, 0.1) is 11.1 Å². The van der Waals surface area contributed by atoms with Gasteiger partial charge in [0.2, 0.25) is 0 Å². The zero-order valence-electron chi connectivity index (χ0n) is 10.7.